The van der Waals surface area contributed by atoms with Gasteiger partial charge in [-0.2, -0.15) is 5.10 Å². The Kier molecular flexibility index (Phi) is 4.78. The predicted molar refractivity (Wildman–Crippen MR) is 83.5 cm³/mol. The smallest absolute Gasteiger partial charge is 0.318 e. The van der Waals surface area contributed by atoms with Gasteiger partial charge in [0, 0.05) is 12.1 Å². The molecular weight excluding hydrogens is 340 g/mol. The minimum absolute atomic E-state index is 0.112. The van der Waals surface area contributed by atoms with E-state index in [1.807, 2.05) is 0 Å². The van der Waals surface area contributed by atoms with E-state index in [4.69, 9.17) is 0 Å². The molecule has 25 heavy (non-hydrogen) atoms. The molecule has 1 heterocycles. The van der Waals surface area contributed by atoms with Gasteiger partial charge >= 0.3 is 5.69 Å². The molecule has 0 aliphatic rings. The first kappa shape index (κ1) is 17.2. The Morgan fingerprint density at radius 1 is 1.04 bits per heavy atom. The van der Waals surface area contributed by atoms with Crippen LogP contribution in [-0.2, 0) is 0 Å². The summed E-state index contributed by atoms with van der Waals surface area (Å²) in [6.07, 6.45) is 1.89. The molecule has 128 valence electrons. The number of rotatable bonds is 6. The van der Waals surface area contributed by atoms with Crippen molar-refractivity contribution in [3.8, 4) is 5.75 Å². The van der Waals surface area contributed by atoms with Crippen LogP contribution < -0.4 is 5.43 Å². The number of hydrazone groups is 1. The maximum atomic E-state index is 10.8. The lowest BCUT2D eigenvalue weighted by Gasteiger charge is -2.02. The Hall–Kier alpha value is -4.16. The summed E-state index contributed by atoms with van der Waals surface area (Å²) in [7, 11) is 0. The Balaban J connectivity index is 2.26. The van der Waals surface area contributed by atoms with Gasteiger partial charge in [-0.25, -0.2) is 4.98 Å². The second-order valence-electron chi connectivity index (χ2n) is 4.45. The summed E-state index contributed by atoms with van der Waals surface area (Å²) in [6, 6.07) is 3.94. The summed E-state index contributed by atoms with van der Waals surface area (Å²) in [6.45, 7) is 0. The zero-order chi connectivity index (χ0) is 18.6. The number of nitrogens with zero attached hydrogens (tertiary/aromatic N) is 5. The third-order valence-corrected chi connectivity index (χ3v) is 2.85. The number of phenolic OH excluding ortho intramolecular Hbond substituents is 1. The molecule has 0 radical (unpaired) electrons. The Morgan fingerprint density at radius 2 is 1.72 bits per heavy atom. The molecule has 0 atom stereocenters. The number of aromatic nitrogens is 1. The van der Waals surface area contributed by atoms with Gasteiger partial charge in [-0.3, -0.25) is 35.8 Å². The van der Waals surface area contributed by atoms with E-state index in [9.17, 15) is 35.4 Å². The van der Waals surface area contributed by atoms with Crippen LogP contribution >= 0.6 is 0 Å². The predicted octanol–water partition coefficient (Wildman–Crippen LogP) is 1.96. The minimum atomic E-state index is -0.967. The van der Waals surface area contributed by atoms with Crippen LogP contribution in [0.25, 0.3) is 0 Å². The van der Waals surface area contributed by atoms with Crippen molar-refractivity contribution in [3.05, 3.63) is 66.4 Å². The number of pyridine rings is 1. The van der Waals surface area contributed by atoms with Gasteiger partial charge < -0.3 is 5.11 Å². The third-order valence-electron chi connectivity index (χ3n) is 2.85. The number of nitrogens with one attached hydrogen (secondary N) is 1. The molecular formula is C12H8N6O7. The highest BCUT2D eigenvalue weighted by Gasteiger charge is 2.23. The monoisotopic (exact) mass is 348 g/mol. The molecule has 2 N–H and O–H groups in total. The van der Waals surface area contributed by atoms with Crippen LogP contribution in [0.3, 0.4) is 0 Å². The molecule has 2 aromatic rings. The van der Waals surface area contributed by atoms with E-state index in [2.05, 4.69) is 15.5 Å². The zero-order valence-electron chi connectivity index (χ0n) is 12.1. The summed E-state index contributed by atoms with van der Waals surface area (Å²) in [5, 5.41) is 45.5. The van der Waals surface area contributed by atoms with Crippen LogP contribution in [0, 0.1) is 30.3 Å². The van der Waals surface area contributed by atoms with E-state index in [0.29, 0.717) is 6.07 Å². The van der Waals surface area contributed by atoms with Crippen molar-refractivity contribution in [2.45, 2.75) is 0 Å². The SMILES string of the molecule is O=[N+]([O-])c1ccc(N/N=C/c2cc([N+](=O)[O-])cc([N+](=O)[O-])c2O)nc1. The van der Waals surface area contributed by atoms with Crippen molar-refractivity contribution in [2.75, 3.05) is 5.43 Å². The fourth-order valence-corrected chi connectivity index (χ4v) is 1.70. The number of benzene rings is 1. The average Bonchev–Trinajstić information content (AvgIpc) is 2.56. The number of hydrogen-bond acceptors (Lipinski definition) is 10. The van der Waals surface area contributed by atoms with Gasteiger partial charge in [0.1, 0.15) is 12.0 Å². The van der Waals surface area contributed by atoms with Crippen molar-refractivity contribution in [1.29, 1.82) is 0 Å². The van der Waals surface area contributed by atoms with E-state index in [0.717, 1.165) is 18.5 Å². The summed E-state index contributed by atoms with van der Waals surface area (Å²) in [5.74, 6) is -0.681. The number of hydrogen-bond donors (Lipinski definition) is 2. The first-order valence-corrected chi connectivity index (χ1v) is 6.35. The van der Waals surface area contributed by atoms with Gasteiger partial charge in [0.25, 0.3) is 11.4 Å². The quantitative estimate of drug-likeness (QED) is 0.446. The summed E-state index contributed by atoms with van der Waals surface area (Å²) < 4.78 is 0. The average molecular weight is 348 g/mol. The van der Waals surface area contributed by atoms with Gasteiger partial charge in [-0.15, -0.1) is 0 Å². The summed E-state index contributed by atoms with van der Waals surface area (Å²) in [4.78, 5) is 33.4. The lowest BCUT2D eigenvalue weighted by atomic mass is 10.1. The van der Waals surface area contributed by atoms with Crippen LogP contribution in [0.2, 0.25) is 0 Å². The maximum Gasteiger partial charge on any atom is 0.318 e. The van der Waals surface area contributed by atoms with Crippen LogP contribution in [-0.4, -0.2) is 31.1 Å². The van der Waals surface area contributed by atoms with Crippen molar-refractivity contribution < 1.29 is 19.9 Å². The highest BCUT2D eigenvalue weighted by molar-refractivity contribution is 5.87. The molecule has 13 heteroatoms. The standard InChI is InChI=1S/C12H8N6O7/c19-12-7(3-9(17(22)23)4-10(12)18(24)25)5-14-15-11-2-1-8(6-13-11)16(20)21/h1-6,19H,(H,13,15)/b14-5+. The second kappa shape index (κ2) is 6.95. The Labute approximate surface area is 137 Å². The molecule has 0 saturated carbocycles. The molecule has 13 nitrogen and oxygen atoms in total. The minimum Gasteiger partial charge on any atom is -0.502 e. The first-order chi connectivity index (χ1) is 11.8. The van der Waals surface area contributed by atoms with Gasteiger partial charge in [0.05, 0.1) is 32.6 Å². The highest BCUT2D eigenvalue weighted by atomic mass is 16.6. The maximum absolute atomic E-state index is 10.8. The second-order valence-corrected chi connectivity index (χ2v) is 4.45. The number of anilines is 1. The normalized spacial score (nSPS) is 10.6. The Bertz CT molecular complexity index is 880. The fraction of sp³-hybridized carbons (Fsp3) is 0. The molecule has 0 unspecified atom stereocenters. The van der Waals surface area contributed by atoms with Crippen molar-refractivity contribution >= 4 is 29.1 Å². The lowest BCUT2D eigenvalue weighted by molar-refractivity contribution is -0.394. The topological polar surface area (TPSA) is 187 Å². The number of aromatic hydroxyl groups is 1. The molecule has 0 saturated heterocycles. The molecule has 0 aliphatic heterocycles. The largest absolute Gasteiger partial charge is 0.502 e. The molecule has 0 bridgehead atoms. The first-order valence-electron chi connectivity index (χ1n) is 6.35. The molecule has 1 aromatic carbocycles. The Morgan fingerprint density at radius 3 is 2.24 bits per heavy atom. The van der Waals surface area contributed by atoms with E-state index in [1.165, 1.54) is 12.1 Å². The van der Waals surface area contributed by atoms with Crippen molar-refractivity contribution in [3.63, 3.8) is 0 Å². The molecule has 2 rings (SSSR count). The summed E-state index contributed by atoms with van der Waals surface area (Å²) >= 11 is 0. The fourth-order valence-electron chi connectivity index (χ4n) is 1.70. The summed E-state index contributed by atoms with van der Waals surface area (Å²) in [5.41, 5.74) is 0.425. The van der Waals surface area contributed by atoms with Gasteiger partial charge in [0.2, 0.25) is 5.75 Å². The van der Waals surface area contributed by atoms with Gasteiger partial charge in [0.15, 0.2) is 0 Å². The molecule has 0 aliphatic carbocycles. The lowest BCUT2D eigenvalue weighted by Crippen LogP contribution is -1.98. The van der Waals surface area contributed by atoms with E-state index >= 15 is 0 Å². The molecule has 0 spiro atoms. The number of non-ortho nitro benzene ring substituents is 1. The van der Waals surface area contributed by atoms with Crippen LogP contribution in [0.15, 0.2) is 35.6 Å². The number of phenols is 1. The molecule has 0 fully saturated rings. The van der Waals surface area contributed by atoms with Crippen LogP contribution in [0.5, 0.6) is 5.75 Å². The van der Waals surface area contributed by atoms with Crippen molar-refractivity contribution in [2.24, 2.45) is 5.10 Å². The van der Waals surface area contributed by atoms with Crippen LogP contribution in [0.4, 0.5) is 22.9 Å². The molecule has 1 aromatic heterocycles. The van der Waals surface area contributed by atoms with Gasteiger partial charge in [-0.1, -0.05) is 0 Å². The number of nitro groups is 3. The van der Waals surface area contributed by atoms with E-state index in [-0.39, 0.29) is 17.1 Å². The highest BCUT2D eigenvalue weighted by Crippen LogP contribution is 2.33. The number of nitro benzene ring substituents is 2. The molecule has 0 amide bonds. The van der Waals surface area contributed by atoms with E-state index < -0.39 is 31.9 Å². The third kappa shape index (κ3) is 3.98. The van der Waals surface area contributed by atoms with Crippen molar-refractivity contribution in [1.82, 2.24) is 4.98 Å². The van der Waals surface area contributed by atoms with E-state index in [1.54, 1.807) is 0 Å². The zero-order valence-corrected chi connectivity index (χ0v) is 12.1. The van der Waals surface area contributed by atoms with Gasteiger partial charge in [-0.05, 0) is 6.07 Å². The van der Waals surface area contributed by atoms with Crippen LogP contribution in [0.1, 0.15) is 5.56 Å².